The number of carbonyl (C=O) groups is 1. The van der Waals surface area contributed by atoms with Crippen LogP contribution in [0.15, 0.2) is 30.3 Å². The van der Waals surface area contributed by atoms with E-state index >= 15 is 0 Å². The van der Waals surface area contributed by atoms with Gasteiger partial charge in [-0.2, -0.15) is 0 Å². The van der Waals surface area contributed by atoms with E-state index in [1.807, 2.05) is 37.3 Å². The third kappa shape index (κ3) is 4.56. The first-order valence-electron chi connectivity index (χ1n) is 10.9. The second kappa shape index (κ2) is 8.77. The number of esters is 1. The summed E-state index contributed by atoms with van der Waals surface area (Å²) in [5.41, 5.74) is 0.940. The molecular formula is C24H36O3. The summed E-state index contributed by atoms with van der Waals surface area (Å²) in [5, 5.41) is 9.53. The molecule has 2 fully saturated rings. The van der Waals surface area contributed by atoms with Crippen LogP contribution in [0, 0.1) is 23.2 Å². The summed E-state index contributed by atoms with van der Waals surface area (Å²) < 4.78 is 6.03. The zero-order valence-electron chi connectivity index (χ0n) is 17.2. The van der Waals surface area contributed by atoms with Crippen molar-refractivity contribution in [1.82, 2.24) is 0 Å². The third-order valence-electron chi connectivity index (χ3n) is 7.37. The lowest BCUT2D eigenvalue weighted by molar-refractivity contribution is -0.0474. The molecule has 0 heterocycles. The first kappa shape index (κ1) is 20.4. The number of benzene rings is 1. The highest BCUT2D eigenvalue weighted by Gasteiger charge is 2.53. The van der Waals surface area contributed by atoms with Gasteiger partial charge in [0.25, 0.3) is 0 Å². The summed E-state index contributed by atoms with van der Waals surface area (Å²) in [6.45, 7) is 6.72. The molecule has 3 heteroatoms. The number of aliphatic hydroxyl groups excluding tert-OH is 1. The minimum Gasteiger partial charge on any atom is -0.458 e. The van der Waals surface area contributed by atoms with E-state index in [4.69, 9.17) is 4.74 Å². The highest BCUT2D eigenvalue weighted by Crippen LogP contribution is 2.58. The van der Waals surface area contributed by atoms with Crippen LogP contribution in [0.25, 0.3) is 0 Å². The monoisotopic (exact) mass is 372 g/mol. The van der Waals surface area contributed by atoms with E-state index in [1.54, 1.807) is 0 Å². The van der Waals surface area contributed by atoms with Crippen molar-refractivity contribution in [2.75, 3.05) is 0 Å². The van der Waals surface area contributed by atoms with Crippen molar-refractivity contribution >= 4 is 5.97 Å². The molecule has 1 aromatic carbocycles. The Morgan fingerprint density at radius 3 is 2.63 bits per heavy atom. The molecule has 1 unspecified atom stereocenters. The third-order valence-corrected chi connectivity index (χ3v) is 7.37. The second-order valence-electron chi connectivity index (χ2n) is 9.26. The Balaban J connectivity index is 1.64. The van der Waals surface area contributed by atoms with Crippen molar-refractivity contribution in [3.8, 4) is 0 Å². The van der Waals surface area contributed by atoms with Crippen molar-refractivity contribution < 1.29 is 14.6 Å². The number of fused-ring (bicyclic) bond motifs is 1. The normalized spacial score (nSPS) is 32.5. The van der Waals surface area contributed by atoms with Crippen molar-refractivity contribution in [3.63, 3.8) is 0 Å². The highest BCUT2D eigenvalue weighted by molar-refractivity contribution is 5.89. The average molecular weight is 373 g/mol. The van der Waals surface area contributed by atoms with E-state index in [0.717, 1.165) is 25.7 Å². The number of ether oxygens (including phenoxy) is 1. The lowest BCUT2D eigenvalue weighted by atomic mass is 9.61. The summed E-state index contributed by atoms with van der Waals surface area (Å²) in [5.74, 6) is 1.69. The van der Waals surface area contributed by atoms with Gasteiger partial charge in [-0.3, -0.25) is 0 Å². The van der Waals surface area contributed by atoms with E-state index in [-0.39, 0.29) is 23.6 Å². The van der Waals surface area contributed by atoms with E-state index in [1.165, 1.54) is 25.7 Å². The van der Waals surface area contributed by atoms with Crippen LogP contribution >= 0.6 is 0 Å². The standard InChI is InChI=1S/C24H36O3/c1-17(9-7-10-18(2)25)20-14-15-21-22(13-8-16-24(20,21)3)27-23(26)19-11-5-4-6-12-19/h4-6,11-12,17-18,20-22,25H,7-10,13-16H2,1-3H3/t17-,18-,20?,21-,22-,24+/m0/s1. The topological polar surface area (TPSA) is 46.5 Å². The van der Waals surface area contributed by atoms with Crippen LogP contribution in [0.1, 0.15) is 82.5 Å². The van der Waals surface area contributed by atoms with E-state index in [9.17, 15) is 9.90 Å². The fraction of sp³-hybridized carbons (Fsp3) is 0.708. The zero-order chi connectivity index (χ0) is 19.4. The minimum absolute atomic E-state index is 0.0612. The minimum atomic E-state index is -0.194. The van der Waals surface area contributed by atoms with Gasteiger partial charge < -0.3 is 9.84 Å². The molecule has 0 spiro atoms. The molecule has 3 rings (SSSR count). The van der Waals surface area contributed by atoms with Crippen molar-refractivity contribution in [1.29, 1.82) is 0 Å². The van der Waals surface area contributed by atoms with Gasteiger partial charge in [-0.25, -0.2) is 4.79 Å². The Labute approximate surface area is 164 Å². The van der Waals surface area contributed by atoms with Crippen molar-refractivity contribution in [2.45, 2.75) is 84.3 Å². The Hall–Kier alpha value is -1.35. The molecule has 0 saturated heterocycles. The van der Waals surface area contributed by atoms with Gasteiger partial charge in [-0.05, 0) is 74.8 Å². The number of hydrogen-bond acceptors (Lipinski definition) is 3. The summed E-state index contributed by atoms with van der Waals surface area (Å²) in [7, 11) is 0. The van der Waals surface area contributed by atoms with Crippen LogP contribution in [-0.4, -0.2) is 23.3 Å². The van der Waals surface area contributed by atoms with Gasteiger partial charge in [0, 0.05) is 5.92 Å². The summed E-state index contributed by atoms with van der Waals surface area (Å²) in [6, 6.07) is 9.39. The first-order valence-corrected chi connectivity index (χ1v) is 10.9. The van der Waals surface area contributed by atoms with Crippen molar-refractivity contribution in [2.24, 2.45) is 23.2 Å². The summed E-state index contributed by atoms with van der Waals surface area (Å²) in [6.07, 6.45) is 8.88. The van der Waals surface area contributed by atoms with E-state index in [2.05, 4.69) is 13.8 Å². The van der Waals surface area contributed by atoms with Crippen LogP contribution in [0.5, 0.6) is 0 Å². The molecule has 0 aliphatic heterocycles. The summed E-state index contributed by atoms with van der Waals surface area (Å²) >= 11 is 0. The lowest BCUT2D eigenvalue weighted by Crippen LogP contribution is -2.43. The van der Waals surface area contributed by atoms with Gasteiger partial charge in [0.2, 0.25) is 0 Å². The Kier molecular flexibility index (Phi) is 6.62. The molecule has 0 aromatic heterocycles. The molecule has 0 radical (unpaired) electrons. The molecule has 1 N–H and O–H groups in total. The summed E-state index contributed by atoms with van der Waals surface area (Å²) in [4.78, 5) is 12.6. The molecule has 2 aliphatic carbocycles. The molecule has 3 nitrogen and oxygen atoms in total. The van der Waals surface area contributed by atoms with E-state index in [0.29, 0.717) is 23.3 Å². The van der Waals surface area contributed by atoms with Gasteiger partial charge in [0.05, 0.1) is 11.7 Å². The molecular weight excluding hydrogens is 336 g/mol. The molecule has 150 valence electrons. The number of rotatable bonds is 7. The van der Waals surface area contributed by atoms with Crippen LogP contribution in [0.4, 0.5) is 0 Å². The van der Waals surface area contributed by atoms with Crippen LogP contribution < -0.4 is 0 Å². The van der Waals surface area contributed by atoms with Crippen LogP contribution in [0.3, 0.4) is 0 Å². The highest BCUT2D eigenvalue weighted by atomic mass is 16.5. The smallest absolute Gasteiger partial charge is 0.338 e. The maximum Gasteiger partial charge on any atom is 0.338 e. The maximum atomic E-state index is 12.6. The SMILES string of the molecule is C[C@H](O)CCC[C@H](C)C1CC[C@H]2[C@@H](OC(=O)c3ccccc3)CCC[C@]12C. The number of hydrogen-bond donors (Lipinski definition) is 1. The zero-order valence-corrected chi connectivity index (χ0v) is 17.2. The average Bonchev–Trinajstić information content (AvgIpc) is 3.00. The Morgan fingerprint density at radius 2 is 1.93 bits per heavy atom. The van der Waals surface area contributed by atoms with Gasteiger partial charge in [0.15, 0.2) is 0 Å². The molecule has 2 saturated carbocycles. The van der Waals surface area contributed by atoms with Crippen molar-refractivity contribution in [3.05, 3.63) is 35.9 Å². The Morgan fingerprint density at radius 1 is 1.19 bits per heavy atom. The Bertz CT molecular complexity index is 611. The molecule has 27 heavy (non-hydrogen) atoms. The lowest BCUT2D eigenvalue weighted by Gasteiger charge is -2.46. The fourth-order valence-electron chi connectivity index (χ4n) is 5.95. The predicted octanol–water partition coefficient (Wildman–Crippen LogP) is 5.62. The van der Waals surface area contributed by atoms with E-state index < -0.39 is 0 Å². The van der Waals surface area contributed by atoms with Gasteiger partial charge >= 0.3 is 5.97 Å². The maximum absolute atomic E-state index is 12.6. The van der Waals surface area contributed by atoms with Gasteiger partial charge in [0.1, 0.15) is 6.10 Å². The second-order valence-corrected chi connectivity index (χ2v) is 9.26. The van der Waals surface area contributed by atoms with Crippen LogP contribution in [0.2, 0.25) is 0 Å². The molecule has 1 aromatic rings. The number of aliphatic hydroxyl groups is 1. The van der Waals surface area contributed by atoms with Gasteiger partial charge in [-0.15, -0.1) is 0 Å². The first-order chi connectivity index (χ1) is 12.9. The predicted molar refractivity (Wildman–Crippen MR) is 109 cm³/mol. The quantitative estimate of drug-likeness (QED) is 0.632. The largest absolute Gasteiger partial charge is 0.458 e. The molecule has 6 atom stereocenters. The van der Waals surface area contributed by atoms with Gasteiger partial charge in [-0.1, -0.05) is 44.9 Å². The van der Waals surface area contributed by atoms with Crippen LogP contribution in [-0.2, 0) is 4.74 Å². The molecule has 0 amide bonds. The molecule has 2 aliphatic rings. The number of carbonyl (C=O) groups excluding carboxylic acids is 1. The molecule has 0 bridgehead atoms. The fourth-order valence-corrected chi connectivity index (χ4v) is 5.95.